The summed E-state index contributed by atoms with van der Waals surface area (Å²) in [4.78, 5) is 0. The van der Waals surface area contributed by atoms with Gasteiger partial charge in [0.05, 0.1) is 13.2 Å². The van der Waals surface area contributed by atoms with Gasteiger partial charge in [0, 0.05) is 19.8 Å². The Kier molecular flexibility index (Phi) is 15.8. The normalized spacial score (nSPS) is 21.3. The Morgan fingerprint density at radius 1 is 0.641 bits per heavy atom. The van der Waals surface area contributed by atoms with Crippen molar-refractivity contribution in [3.8, 4) is 0 Å². The van der Waals surface area contributed by atoms with Gasteiger partial charge in [0.25, 0.3) is 0 Å². The Hall–Kier alpha value is 0.981. The fraction of sp³-hybridized carbons (Fsp3) is 0.960. The zero-order valence-electron chi connectivity index (χ0n) is 27.2. The fourth-order valence-corrected chi connectivity index (χ4v) is 33.9. The first-order valence-electron chi connectivity index (χ1n) is 14.7. The van der Waals surface area contributed by atoms with E-state index >= 15 is 0 Å². The highest BCUT2D eigenvalue weighted by Gasteiger charge is 2.51. The number of ether oxygens (including phenoxy) is 3. The molecule has 14 heteroatoms. The topological polar surface area (TPSA) is 77.1 Å². The van der Waals surface area contributed by atoms with Crippen LogP contribution < -0.4 is 0 Å². The largest absolute Gasteiger partial charge is 0.437 e. The van der Waals surface area contributed by atoms with E-state index in [-0.39, 0.29) is 6.10 Å². The number of rotatable bonds is 23. The molecular formula is C25H60O8Si6. The van der Waals surface area contributed by atoms with Gasteiger partial charge in [-0.1, -0.05) is 6.92 Å². The second-order valence-corrected chi connectivity index (χ2v) is 37.4. The molecule has 0 bridgehead atoms. The first-order chi connectivity index (χ1) is 17.7. The van der Waals surface area contributed by atoms with Crippen LogP contribution in [0.3, 0.4) is 0 Å². The van der Waals surface area contributed by atoms with Crippen molar-refractivity contribution in [2.24, 2.45) is 0 Å². The quantitative estimate of drug-likeness (QED) is 0.0662. The van der Waals surface area contributed by atoms with Gasteiger partial charge in [0.1, 0.15) is 6.10 Å². The van der Waals surface area contributed by atoms with E-state index in [9.17, 15) is 0 Å². The van der Waals surface area contributed by atoms with Gasteiger partial charge >= 0.3 is 34.2 Å². The van der Waals surface area contributed by atoms with Crippen LogP contribution in [-0.2, 0) is 34.8 Å². The summed E-state index contributed by atoms with van der Waals surface area (Å²) in [5, 5.41) is 0. The standard InChI is InChI=1S/C25H60O8Si6/c1-14-18-26-19-16-21-38(12,31-36(9,10)29-34(3,4)5)33-39(13,22-17-20-27-23-25-24-28-25)32-37(11,15-2)30-35(6,7)8/h1,25H,14-24H2,2-13H3. The highest BCUT2D eigenvalue weighted by Crippen LogP contribution is 2.33. The Bertz CT molecular complexity index is 703. The fourth-order valence-electron chi connectivity index (χ4n) is 4.81. The molecule has 232 valence electrons. The van der Waals surface area contributed by atoms with E-state index in [4.69, 9.17) is 41.7 Å². The van der Waals surface area contributed by atoms with Crippen LogP contribution in [0.4, 0.5) is 0 Å². The van der Waals surface area contributed by atoms with E-state index < -0.39 is 50.9 Å². The first kappa shape index (κ1) is 38.0. The molecule has 1 rings (SSSR count). The zero-order chi connectivity index (χ0) is 30.0. The van der Waals surface area contributed by atoms with E-state index in [0.29, 0.717) is 32.8 Å². The van der Waals surface area contributed by atoms with Crippen molar-refractivity contribution in [3.05, 3.63) is 6.92 Å². The van der Waals surface area contributed by atoms with E-state index in [2.05, 4.69) is 78.9 Å². The maximum Gasteiger partial charge on any atom is 0.317 e. The molecule has 0 N–H and O–H groups in total. The second kappa shape index (κ2) is 16.2. The third kappa shape index (κ3) is 18.3. The highest BCUT2D eigenvalue weighted by molar-refractivity contribution is 6.91. The maximum atomic E-state index is 7.25. The third-order valence-corrected chi connectivity index (χ3v) is 28.9. The molecule has 0 aromatic carbocycles. The molecule has 1 aliphatic heterocycles. The van der Waals surface area contributed by atoms with Gasteiger partial charge in [-0.25, -0.2) is 0 Å². The first-order valence-corrected chi connectivity index (χ1v) is 31.9. The summed E-state index contributed by atoms with van der Waals surface area (Å²) < 4.78 is 51.6. The van der Waals surface area contributed by atoms with Crippen LogP contribution in [-0.4, -0.2) is 90.0 Å². The van der Waals surface area contributed by atoms with Crippen molar-refractivity contribution in [2.45, 2.75) is 122 Å². The highest BCUT2D eigenvalue weighted by atomic mass is 28.5. The van der Waals surface area contributed by atoms with Crippen LogP contribution in [0.5, 0.6) is 0 Å². The van der Waals surface area contributed by atoms with Crippen LogP contribution >= 0.6 is 0 Å². The van der Waals surface area contributed by atoms with Crippen molar-refractivity contribution in [3.63, 3.8) is 0 Å². The molecule has 0 saturated carbocycles. The van der Waals surface area contributed by atoms with Gasteiger partial charge in [-0.05, 0) is 116 Å². The van der Waals surface area contributed by atoms with Gasteiger partial charge in [-0.3, -0.25) is 0 Å². The van der Waals surface area contributed by atoms with Crippen LogP contribution in [0, 0.1) is 6.92 Å². The Labute approximate surface area is 247 Å². The van der Waals surface area contributed by atoms with Gasteiger partial charge in [-0.15, -0.1) is 0 Å². The Balaban J connectivity index is 3.18. The molecule has 0 spiro atoms. The van der Waals surface area contributed by atoms with E-state index in [1.54, 1.807) is 0 Å². The predicted octanol–water partition coefficient (Wildman–Crippen LogP) is 6.99. The molecule has 1 saturated heterocycles. The number of hydrogen-bond acceptors (Lipinski definition) is 8. The molecule has 1 heterocycles. The van der Waals surface area contributed by atoms with Crippen molar-refractivity contribution >= 4 is 50.9 Å². The molecule has 39 heavy (non-hydrogen) atoms. The predicted molar refractivity (Wildman–Crippen MR) is 174 cm³/mol. The van der Waals surface area contributed by atoms with Crippen molar-refractivity contribution < 1.29 is 34.8 Å². The Morgan fingerprint density at radius 2 is 1.13 bits per heavy atom. The summed E-state index contributed by atoms with van der Waals surface area (Å²) in [7, 11) is -14.0. The number of hydrogen-bond donors (Lipinski definition) is 0. The van der Waals surface area contributed by atoms with Gasteiger partial charge < -0.3 is 34.8 Å². The van der Waals surface area contributed by atoms with Gasteiger partial charge in [-0.2, -0.15) is 0 Å². The minimum absolute atomic E-state index is 0.270. The van der Waals surface area contributed by atoms with E-state index in [0.717, 1.165) is 37.6 Å². The van der Waals surface area contributed by atoms with E-state index in [1.165, 1.54) is 0 Å². The van der Waals surface area contributed by atoms with Crippen LogP contribution in [0.1, 0.15) is 26.2 Å². The average molecular weight is 657 g/mol. The van der Waals surface area contributed by atoms with Crippen molar-refractivity contribution in [1.82, 2.24) is 0 Å². The summed E-state index contributed by atoms with van der Waals surface area (Å²) in [6.07, 6.45) is 2.51. The molecule has 2 radical (unpaired) electrons. The minimum Gasteiger partial charge on any atom is -0.437 e. The van der Waals surface area contributed by atoms with Crippen LogP contribution in [0.2, 0.25) is 90.1 Å². The van der Waals surface area contributed by atoms with Crippen molar-refractivity contribution in [1.29, 1.82) is 0 Å². The SMILES string of the molecule is [CH]CCOCCC[Si](C)(O[Si](C)(C)O[Si](C)(C)C)O[Si](C)(CCCOCC1CO1)O[Si](C)(CC)O[Si](C)(C)C. The second-order valence-electron chi connectivity index (χ2n) is 13.5. The van der Waals surface area contributed by atoms with Gasteiger partial charge in [0.15, 0.2) is 16.6 Å². The molecule has 0 aliphatic carbocycles. The lowest BCUT2D eigenvalue weighted by atomic mass is 10.5. The monoisotopic (exact) mass is 656 g/mol. The smallest absolute Gasteiger partial charge is 0.317 e. The lowest BCUT2D eigenvalue weighted by molar-refractivity contribution is 0.115. The molecular weight excluding hydrogens is 597 g/mol. The molecule has 0 aromatic rings. The molecule has 1 fully saturated rings. The molecule has 8 nitrogen and oxygen atoms in total. The Morgan fingerprint density at radius 3 is 1.59 bits per heavy atom. The van der Waals surface area contributed by atoms with Gasteiger partial charge in [0.2, 0.25) is 0 Å². The molecule has 1 aliphatic rings. The summed E-state index contributed by atoms with van der Waals surface area (Å²) >= 11 is 0. The third-order valence-electron chi connectivity index (χ3n) is 5.85. The van der Waals surface area contributed by atoms with E-state index in [1.807, 2.05) is 0 Å². The van der Waals surface area contributed by atoms with Crippen LogP contribution in [0.15, 0.2) is 0 Å². The molecule has 0 aromatic heterocycles. The van der Waals surface area contributed by atoms with Crippen LogP contribution in [0.25, 0.3) is 0 Å². The molecule has 4 atom stereocenters. The summed E-state index contributed by atoms with van der Waals surface area (Å²) in [6.45, 7) is 35.4. The summed E-state index contributed by atoms with van der Waals surface area (Å²) in [5.74, 6) is 0. The maximum absolute atomic E-state index is 7.25. The average Bonchev–Trinajstić information content (AvgIpc) is 3.53. The summed E-state index contributed by atoms with van der Waals surface area (Å²) in [6, 6.07) is 2.51. The van der Waals surface area contributed by atoms with Crippen molar-refractivity contribution in [2.75, 3.05) is 33.0 Å². The number of epoxide rings is 1. The summed E-state index contributed by atoms with van der Waals surface area (Å²) in [5.41, 5.74) is 0. The lowest BCUT2D eigenvalue weighted by Gasteiger charge is -2.45. The lowest BCUT2D eigenvalue weighted by Crippen LogP contribution is -2.62. The zero-order valence-corrected chi connectivity index (χ0v) is 33.2. The molecule has 4 unspecified atom stereocenters. The minimum atomic E-state index is -2.73. The molecule has 0 amide bonds.